The molecule has 0 unspecified atom stereocenters. The van der Waals surface area contributed by atoms with Crippen molar-refractivity contribution in [2.45, 2.75) is 33.2 Å². The number of benzene rings is 1. The van der Waals surface area contributed by atoms with E-state index in [2.05, 4.69) is 21.3 Å². The Balaban J connectivity index is 2.53. The zero-order valence-electron chi connectivity index (χ0n) is 13.0. The van der Waals surface area contributed by atoms with Gasteiger partial charge in [-0.05, 0) is 38.1 Å². The van der Waals surface area contributed by atoms with Crippen molar-refractivity contribution in [1.29, 1.82) is 0 Å². The lowest BCUT2D eigenvalue weighted by Gasteiger charge is -2.15. The summed E-state index contributed by atoms with van der Waals surface area (Å²) in [7, 11) is 0. The summed E-state index contributed by atoms with van der Waals surface area (Å²) in [5.74, 6) is -0.482. The molecular formula is C15H22N4O3. The molecule has 0 bridgehead atoms. The van der Waals surface area contributed by atoms with Gasteiger partial charge in [0.1, 0.15) is 6.04 Å². The van der Waals surface area contributed by atoms with Gasteiger partial charge in [-0.3, -0.25) is 14.9 Å². The summed E-state index contributed by atoms with van der Waals surface area (Å²) < 4.78 is 0. The first-order chi connectivity index (χ1) is 10.5. The third kappa shape index (κ3) is 5.82. The van der Waals surface area contributed by atoms with Crippen LogP contribution in [0.1, 0.15) is 27.2 Å². The van der Waals surface area contributed by atoms with Gasteiger partial charge in [0, 0.05) is 24.3 Å². The van der Waals surface area contributed by atoms with Crippen LogP contribution in [0.2, 0.25) is 0 Å². The number of amides is 4. The maximum atomic E-state index is 11.8. The fourth-order valence-corrected chi connectivity index (χ4v) is 1.64. The first-order valence-electron chi connectivity index (χ1n) is 7.21. The van der Waals surface area contributed by atoms with Crippen LogP contribution >= 0.6 is 0 Å². The monoisotopic (exact) mass is 306 g/mol. The maximum absolute atomic E-state index is 11.8. The average molecular weight is 306 g/mol. The summed E-state index contributed by atoms with van der Waals surface area (Å²) in [5, 5.41) is 10.4. The van der Waals surface area contributed by atoms with E-state index in [4.69, 9.17) is 0 Å². The molecule has 0 aliphatic rings. The maximum Gasteiger partial charge on any atom is 0.321 e. The van der Waals surface area contributed by atoms with Crippen molar-refractivity contribution in [1.82, 2.24) is 10.6 Å². The Morgan fingerprint density at radius 3 is 2.18 bits per heavy atom. The van der Waals surface area contributed by atoms with Crippen molar-refractivity contribution in [2.24, 2.45) is 0 Å². The van der Waals surface area contributed by atoms with E-state index in [0.29, 0.717) is 24.3 Å². The smallest absolute Gasteiger partial charge is 0.321 e. The molecule has 22 heavy (non-hydrogen) atoms. The summed E-state index contributed by atoms with van der Waals surface area (Å²) >= 11 is 0. The molecule has 4 amide bonds. The zero-order valence-corrected chi connectivity index (χ0v) is 13.0. The Labute approximate surface area is 129 Å². The molecule has 0 radical (unpaired) electrons. The predicted octanol–water partition coefficient (Wildman–Crippen LogP) is 1.68. The van der Waals surface area contributed by atoms with Gasteiger partial charge in [-0.25, -0.2) is 4.79 Å². The van der Waals surface area contributed by atoms with Crippen LogP contribution < -0.4 is 21.3 Å². The quantitative estimate of drug-likeness (QED) is 0.642. The molecular weight excluding hydrogens is 284 g/mol. The molecule has 0 aliphatic carbocycles. The number of hydrogen-bond acceptors (Lipinski definition) is 4. The van der Waals surface area contributed by atoms with Crippen molar-refractivity contribution in [3.63, 3.8) is 0 Å². The fraction of sp³-hybridized carbons (Fsp3) is 0.400. The van der Waals surface area contributed by atoms with E-state index < -0.39 is 18.0 Å². The van der Waals surface area contributed by atoms with Crippen LogP contribution in [0.15, 0.2) is 24.3 Å². The largest absolute Gasteiger partial charge is 0.374 e. The lowest BCUT2D eigenvalue weighted by atomic mass is 10.2. The molecule has 1 atom stereocenters. The standard InChI is InChI=1S/C15H22N4O3/c1-4-13(20)18-12-8-6-11(7-9-12)17-10(3)14(21)19-15(22)16-5-2/h6-10,17H,4-5H2,1-3H3,(H,18,20)(H2,16,19,21,22)/t10-/m0/s1. The second-order valence-corrected chi connectivity index (χ2v) is 4.69. The van der Waals surface area contributed by atoms with Crippen LogP contribution in [0.4, 0.5) is 16.2 Å². The van der Waals surface area contributed by atoms with E-state index in [9.17, 15) is 14.4 Å². The average Bonchev–Trinajstić information content (AvgIpc) is 2.49. The van der Waals surface area contributed by atoms with Gasteiger partial charge in [-0.15, -0.1) is 0 Å². The minimum atomic E-state index is -0.571. The summed E-state index contributed by atoms with van der Waals surface area (Å²) in [5.41, 5.74) is 1.41. The molecule has 0 aliphatic heterocycles. The van der Waals surface area contributed by atoms with Crippen molar-refractivity contribution in [2.75, 3.05) is 17.2 Å². The second kappa shape index (κ2) is 8.66. The number of anilines is 2. The van der Waals surface area contributed by atoms with Crippen LogP contribution in [-0.2, 0) is 9.59 Å². The molecule has 1 aromatic carbocycles. The Morgan fingerprint density at radius 2 is 1.64 bits per heavy atom. The Bertz CT molecular complexity index is 528. The predicted molar refractivity (Wildman–Crippen MR) is 85.7 cm³/mol. The van der Waals surface area contributed by atoms with Crippen LogP contribution in [0.5, 0.6) is 0 Å². The van der Waals surface area contributed by atoms with E-state index in [1.807, 2.05) is 0 Å². The molecule has 0 saturated heterocycles. The van der Waals surface area contributed by atoms with Crippen LogP contribution in [-0.4, -0.2) is 30.4 Å². The van der Waals surface area contributed by atoms with Gasteiger partial charge < -0.3 is 16.0 Å². The normalized spacial score (nSPS) is 11.2. The summed E-state index contributed by atoms with van der Waals surface area (Å²) in [6.45, 7) is 5.65. The number of nitrogens with one attached hydrogen (secondary N) is 4. The van der Waals surface area contributed by atoms with Gasteiger partial charge >= 0.3 is 6.03 Å². The van der Waals surface area contributed by atoms with E-state index >= 15 is 0 Å². The lowest BCUT2D eigenvalue weighted by Crippen LogP contribution is -2.45. The number of urea groups is 1. The number of imide groups is 1. The zero-order chi connectivity index (χ0) is 16.5. The van der Waals surface area contributed by atoms with Crippen molar-refractivity contribution in [3.8, 4) is 0 Å². The topological polar surface area (TPSA) is 99.3 Å². The van der Waals surface area contributed by atoms with Crippen molar-refractivity contribution in [3.05, 3.63) is 24.3 Å². The number of carbonyl (C=O) groups excluding carboxylic acids is 3. The minimum absolute atomic E-state index is 0.0598. The summed E-state index contributed by atoms with van der Waals surface area (Å²) in [4.78, 5) is 34.3. The molecule has 7 nitrogen and oxygen atoms in total. The Morgan fingerprint density at radius 1 is 1.05 bits per heavy atom. The highest BCUT2D eigenvalue weighted by Gasteiger charge is 2.15. The second-order valence-electron chi connectivity index (χ2n) is 4.69. The van der Waals surface area contributed by atoms with Gasteiger partial charge in [0.2, 0.25) is 11.8 Å². The molecule has 0 spiro atoms. The van der Waals surface area contributed by atoms with Crippen LogP contribution in [0.3, 0.4) is 0 Å². The summed E-state index contributed by atoms with van der Waals surface area (Å²) in [6.07, 6.45) is 0.414. The van der Waals surface area contributed by atoms with E-state index in [0.717, 1.165) is 0 Å². The Kier molecular flexibility index (Phi) is 6.88. The van der Waals surface area contributed by atoms with Crippen LogP contribution in [0.25, 0.3) is 0 Å². The highest BCUT2D eigenvalue weighted by atomic mass is 16.2. The van der Waals surface area contributed by atoms with E-state index in [1.54, 1.807) is 45.0 Å². The molecule has 120 valence electrons. The third-order valence-corrected chi connectivity index (χ3v) is 2.84. The van der Waals surface area contributed by atoms with E-state index in [-0.39, 0.29) is 5.91 Å². The van der Waals surface area contributed by atoms with Gasteiger partial charge in [-0.1, -0.05) is 6.92 Å². The summed E-state index contributed by atoms with van der Waals surface area (Å²) in [6, 6.07) is 5.90. The lowest BCUT2D eigenvalue weighted by molar-refractivity contribution is -0.120. The fourth-order valence-electron chi connectivity index (χ4n) is 1.64. The molecule has 0 heterocycles. The van der Waals surface area contributed by atoms with Crippen LogP contribution in [0, 0.1) is 0 Å². The third-order valence-electron chi connectivity index (χ3n) is 2.84. The highest BCUT2D eigenvalue weighted by Crippen LogP contribution is 2.14. The molecule has 1 aromatic rings. The number of carbonyl (C=O) groups is 3. The molecule has 0 fully saturated rings. The first-order valence-corrected chi connectivity index (χ1v) is 7.21. The number of rotatable bonds is 6. The highest BCUT2D eigenvalue weighted by molar-refractivity contribution is 5.98. The van der Waals surface area contributed by atoms with Crippen molar-refractivity contribution < 1.29 is 14.4 Å². The van der Waals surface area contributed by atoms with Gasteiger partial charge in [0.25, 0.3) is 0 Å². The van der Waals surface area contributed by atoms with E-state index in [1.165, 1.54) is 0 Å². The molecule has 4 N–H and O–H groups in total. The van der Waals surface area contributed by atoms with Crippen molar-refractivity contribution >= 4 is 29.2 Å². The van der Waals surface area contributed by atoms with Gasteiger partial charge in [0.05, 0.1) is 0 Å². The minimum Gasteiger partial charge on any atom is -0.374 e. The van der Waals surface area contributed by atoms with Gasteiger partial charge in [0.15, 0.2) is 0 Å². The molecule has 0 aromatic heterocycles. The Hall–Kier alpha value is -2.57. The number of hydrogen-bond donors (Lipinski definition) is 4. The molecule has 1 rings (SSSR count). The molecule has 7 heteroatoms. The first kappa shape index (κ1) is 17.5. The SMILES string of the molecule is CCNC(=O)NC(=O)[C@H](C)Nc1ccc(NC(=O)CC)cc1. The van der Waals surface area contributed by atoms with Gasteiger partial charge in [-0.2, -0.15) is 0 Å². The molecule has 0 saturated carbocycles.